The second kappa shape index (κ2) is 13.4. The van der Waals surface area contributed by atoms with E-state index in [1.807, 2.05) is 12.1 Å². The van der Waals surface area contributed by atoms with Gasteiger partial charge in [0.15, 0.2) is 5.58 Å². The molecule has 3 aromatic rings. The number of aromatic nitrogens is 2. The highest BCUT2D eigenvalue weighted by Gasteiger charge is 2.23. The standard InChI is InChI=1S/C28H34N4O8/c1-28(2,3)40-26(34)18-36-12-11-35-13-14-37-21-6-5-19(29-16-21)17-38-20-7-9-24-23(15-20)30-27(39-24)22-8-10-25(33)32(4)31-22/h5-10,15-16,22,31H,11-14,17-18H2,1-4H3. The molecule has 0 fully saturated rings. The van der Waals surface area contributed by atoms with Crippen LogP contribution in [0.25, 0.3) is 11.1 Å². The fourth-order valence-corrected chi connectivity index (χ4v) is 3.59. The van der Waals surface area contributed by atoms with Gasteiger partial charge in [0.25, 0.3) is 5.91 Å². The monoisotopic (exact) mass is 554 g/mol. The number of esters is 1. The van der Waals surface area contributed by atoms with Gasteiger partial charge >= 0.3 is 5.97 Å². The van der Waals surface area contributed by atoms with Crippen LogP contribution in [0.15, 0.2) is 53.1 Å². The molecule has 1 aromatic carbocycles. The molecule has 0 aliphatic carbocycles. The third kappa shape index (κ3) is 8.76. The molecule has 1 aliphatic heterocycles. The molecule has 214 valence electrons. The lowest BCUT2D eigenvalue weighted by Gasteiger charge is -2.24. The first-order chi connectivity index (χ1) is 19.2. The van der Waals surface area contributed by atoms with E-state index in [1.165, 1.54) is 11.1 Å². The van der Waals surface area contributed by atoms with Crippen LogP contribution >= 0.6 is 0 Å². The number of pyridine rings is 1. The molecule has 12 heteroatoms. The highest BCUT2D eigenvalue weighted by Crippen LogP contribution is 2.26. The first kappa shape index (κ1) is 29.0. The number of fused-ring (bicyclic) bond motifs is 1. The fraction of sp³-hybridized carbons (Fsp3) is 0.429. The number of hydrogen-bond acceptors (Lipinski definition) is 11. The molecule has 0 spiro atoms. The van der Waals surface area contributed by atoms with Gasteiger partial charge in [-0.1, -0.05) is 6.08 Å². The van der Waals surface area contributed by atoms with Gasteiger partial charge in [-0.3, -0.25) is 14.8 Å². The Morgan fingerprint density at radius 2 is 1.82 bits per heavy atom. The largest absolute Gasteiger partial charge is 0.490 e. The van der Waals surface area contributed by atoms with Crippen LogP contribution < -0.4 is 14.9 Å². The second-order valence-corrected chi connectivity index (χ2v) is 9.92. The Hall–Kier alpha value is -4.00. The molecule has 0 bridgehead atoms. The zero-order valence-electron chi connectivity index (χ0n) is 23.0. The lowest BCUT2D eigenvalue weighted by molar-refractivity contribution is -0.160. The quantitative estimate of drug-likeness (QED) is 0.247. The Kier molecular flexibility index (Phi) is 9.70. The van der Waals surface area contributed by atoms with E-state index in [2.05, 4.69) is 15.4 Å². The Labute approximate surface area is 232 Å². The van der Waals surface area contributed by atoms with Crippen molar-refractivity contribution in [1.82, 2.24) is 20.4 Å². The van der Waals surface area contributed by atoms with Crippen LogP contribution in [0.4, 0.5) is 0 Å². The number of likely N-dealkylation sites (N-methyl/N-ethyl adjacent to an activating group) is 1. The summed E-state index contributed by atoms with van der Waals surface area (Å²) in [6.45, 7) is 6.93. The van der Waals surface area contributed by atoms with Gasteiger partial charge in [0.2, 0.25) is 5.89 Å². The van der Waals surface area contributed by atoms with Crippen LogP contribution in [0, 0.1) is 0 Å². The molecule has 40 heavy (non-hydrogen) atoms. The van der Waals surface area contributed by atoms with Crippen molar-refractivity contribution in [3.05, 3.63) is 60.3 Å². The number of carbonyl (C=O) groups is 2. The van der Waals surface area contributed by atoms with Crippen LogP contribution in [-0.2, 0) is 30.4 Å². The molecule has 1 aliphatic rings. The van der Waals surface area contributed by atoms with Crippen molar-refractivity contribution >= 4 is 23.0 Å². The average molecular weight is 555 g/mol. The number of amides is 1. The van der Waals surface area contributed by atoms with Gasteiger partial charge in [0, 0.05) is 19.2 Å². The summed E-state index contributed by atoms with van der Waals surface area (Å²) in [5, 5.41) is 1.39. The number of nitrogens with zero attached hydrogens (tertiary/aromatic N) is 3. The molecule has 0 saturated carbocycles. The molecule has 2 aromatic heterocycles. The van der Waals surface area contributed by atoms with E-state index >= 15 is 0 Å². The van der Waals surface area contributed by atoms with Gasteiger partial charge < -0.3 is 28.1 Å². The zero-order valence-corrected chi connectivity index (χ0v) is 23.0. The summed E-state index contributed by atoms with van der Waals surface area (Å²) >= 11 is 0. The molecule has 0 radical (unpaired) electrons. The fourth-order valence-electron chi connectivity index (χ4n) is 3.59. The first-order valence-corrected chi connectivity index (χ1v) is 12.9. The van der Waals surface area contributed by atoms with Gasteiger partial charge in [-0.2, -0.15) is 0 Å². The minimum Gasteiger partial charge on any atom is -0.490 e. The summed E-state index contributed by atoms with van der Waals surface area (Å²) in [4.78, 5) is 32.1. The summed E-state index contributed by atoms with van der Waals surface area (Å²) in [7, 11) is 1.64. The maximum Gasteiger partial charge on any atom is 0.332 e. The van der Waals surface area contributed by atoms with Crippen LogP contribution in [0.3, 0.4) is 0 Å². The van der Waals surface area contributed by atoms with Crippen LogP contribution in [-0.4, -0.2) is 72.5 Å². The van der Waals surface area contributed by atoms with Crippen LogP contribution in [0.5, 0.6) is 11.5 Å². The summed E-state index contributed by atoms with van der Waals surface area (Å²) in [5.74, 6) is 1.16. The third-order valence-electron chi connectivity index (χ3n) is 5.43. The molecule has 1 N–H and O–H groups in total. The second-order valence-electron chi connectivity index (χ2n) is 9.92. The average Bonchev–Trinajstić information content (AvgIpc) is 3.34. The summed E-state index contributed by atoms with van der Waals surface area (Å²) < 4.78 is 33.2. The van der Waals surface area contributed by atoms with Crippen molar-refractivity contribution in [2.75, 3.05) is 40.1 Å². The Morgan fingerprint density at radius 1 is 1.05 bits per heavy atom. The molecule has 1 unspecified atom stereocenters. The molecule has 1 atom stereocenters. The van der Waals surface area contributed by atoms with Crippen molar-refractivity contribution in [2.24, 2.45) is 0 Å². The van der Waals surface area contributed by atoms with Gasteiger partial charge in [-0.05, 0) is 45.0 Å². The number of hydrogen-bond donors (Lipinski definition) is 1. The van der Waals surface area contributed by atoms with Gasteiger partial charge in [-0.15, -0.1) is 0 Å². The first-order valence-electron chi connectivity index (χ1n) is 12.9. The maximum absolute atomic E-state index is 11.6. The van der Waals surface area contributed by atoms with Crippen molar-refractivity contribution in [2.45, 2.75) is 39.0 Å². The van der Waals surface area contributed by atoms with Crippen molar-refractivity contribution in [3.63, 3.8) is 0 Å². The van der Waals surface area contributed by atoms with Gasteiger partial charge in [-0.25, -0.2) is 15.2 Å². The summed E-state index contributed by atoms with van der Waals surface area (Å²) in [6.07, 6.45) is 4.82. The molecule has 1 amide bonds. The number of nitrogens with one attached hydrogen (secondary N) is 1. The summed E-state index contributed by atoms with van der Waals surface area (Å²) in [5.41, 5.74) is 4.48. The molecular formula is C28H34N4O8. The minimum atomic E-state index is -0.527. The minimum absolute atomic E-state index is 0.105. The topological polar surface area (TPSA) is 134 Å². The molecule has 3 heterocycles. The maximum atomic E-state index is 11.6. The molecule has 4 rings (SSSR count). The molecule has 12 nitrogen and oxygen atoms in total. The Bertz CT molecular complexity index is 1320. The van der Waals surface area contributed by atoms with Gasteiger partial charge in [0.05, 0.1) is 31.7 Å². The predicted octanol–water partition coefficient (Wildman–Crippen LogP) is 3.13. The van der Waals surface area contributed by atoms with E-state index in [4.69, 9.17) is 28.1 Å². The van der Waals surface area contributed by atoms with E-state index in [-0.39, 0.29) is 31.8 Å². The molecule has 0 saturated heterocycles. The van der Waals surface area contributed by atoms with E-state index in [0.29, 0.717) is 48.3 Å². The molecular weight excluding hydrogens is 520 g/mol. The smallest absolute Gasteiger partial charge is 0.332 e. The number of ether oxygens (including phenoxy) is 5. The van der Waals surface area contributed by atoms with E-state index in [0.717, 1.165) is 5.69 Å². The zero-order chi connectivity index (χ0) is 28.5. The Balaban J connectivity index is 1.14. The van der Waals surface area contributed by atoms with Crippen molar-refractivity contribution in [3.8, 4) is 11.5 Å². The van der Waals surface area contributed by atoms with E-state index in [1.54, 1.807) is 58.3 Å². The van der Waals surface area contributed by atoms with Crippen molar-refractivity contribution in [1.29, 1.82) is 0 Å². The highest BCUT2D eigenvalue weighted by atomic mass is 16.6. The van der Waals surface area contributed by atoms with Crippen molar-refractivity contribution < 1.29 is 37.7 Å². The lowest BCUT2D eigenvalue weighted by atomic mass is 10.2. The van der Waals surface area contributed by atoms with Crippen LogP contribution in [0.2, 0.25) is 0 Å². The number of rotatable bonds is 13. The highest BCUT2D eigenvalue weighted by molar-refractivity contribution is 5.88. The SMILES string of the molecule is CN1NC(c2nc3cc(OCc4ccc(OCCOCCOCC(=O)OC(C)(C)C)cn4)ccc3o2)C=CC1=O. The Morgan fingerprint density at radius 3 is 2.58 bits per heavy atom. The number of benzene rings is 1. The van der Waals surface area contributed by atoms with E-state index in [9.17, 15) is 9.59 Å². The van der Waals surface area contributed by atoms with Gasteiger partial charge in [0.1, 0.15) is 48.5 Å². The number of hydrazine groups is 1. The van der Waals surface area contributed by atoms with Crippen LogP contribution in [0.1, 0.15) is 38.4 Å². The third-order valence-corrected chi connectivity index (χ3v) is 5.43. The summed E-state index contributed by atoms with van der Waals surface area (Å²) in [6, 6.07) is 8.70. The normalized spacial score (nSPS) is 15.4. The number of oxazole rings is 1. The van der Waals surface area contributed by atoms with E-state index < -0.39 is 11.6 Å². The lowest BCUT2D eigenvalue weighted by Crippen LogP contribution is -2.43. The number of carbonyl (C=O) groups excluding carboxylic acids is 2. The predicted molar refractivity (Wildman–Crippen MR) is 143 cm³/mol.